The van der Waals surface area contributed by atoms with E-state index >= 15 is 0 Å². The first kappa shape index (κ1) is 10.6. The summed E-state index contributed by atoms with van der Waals surface area (Å²) in [5, 5.41) is 6.35. The third kappa shape index (κ3) is 1.77. The van der Waals surface area contributed by atoms with Crippen LogP contribution in [-0.4, -0.2) is 17.4 Å². The number of fused-ring (bicyclic) bond motifs is 1. The zero-order valence-corrected chi connectivity index (χ0v) is 11.5. The molecule has 3 rings (SSSR count). The second-order valence-corrected chi connectivity index (χ2v) is 6.25. The van der Waals surface area contributed by atoms with E-state index in [4.69, 9.17) is 4.84 Å². The molecule has 1 aliphatic rings. The number of thioether (sulfide) groups is 1. The second kappa shape index (κ2) is 4.39. The number of nitrogens with zero attached hydrogens (tertiary/aromatic N) is 1. The number of thiophene rings is 1. The second-order valence-electron chi connectivity index (χ2n) is 3.32. The summed E-state index contributed by atoms with van der Waals surface area (Å²) in [5.74, 6) is 0.972. The molecule has 0 aliphatic carbocycles. The van der Waals surface area contributed by atoms with Gasteiger partial charge in [-0.1, -0.05) is 35.1 Å². The van der Waals surface area contributed by atoms with Gasteiger partial charge in [0.25, 0.3) is 0 Å². The molecule has 5 heteroatoms. The van der Waals surface area contributed by atoms with Crippen LogP contribution in [-0.2, 0) is 4.84 Å². The van der Waals surface area contributed by atoms with Gasteiger partial charge in [-0.05, 0) is 22.0 Å². The summed E-state index contributed by atoms with van der Waals surface area (Å²) in [6.45, 7) is 0.705. The molecule has 0 N–H and O–H groups in total. The van der Waals surface area contributed by atoms with Crippen LogP contribution in [0.4, 0.5) is 0 Å². The average molecular weight is 314 g/mol. The summed E-state index contributed by atoms with van der Waals surface area (Å²) in [4.78, 5) is 6.31. The predicted octanol–water partition coefficient (Wildman–Crippen LogP) is 4.09. The molecule has 1 aromatic heterocycles. The van der Waals surface area contributed by atoms with E-state index < -0.39 is 0 Å². The van der Waals surface area contributed by atoms with E-state index in [9.17, 15) is 0 Å². The summed E-state index contributed by atoms with van der Waals surface area (Å²) in [5.41, 5.74) is 0. The van der Waals surface area contributed by atoms with Gasteiger partial charge in [0.15, 0.2) is 5.04 Å². The Balaban J connectivity index is 2.16. The highest BCUT2D eigenvalue weighted by atomic mass is 79.9. The van der Waals surface area contributed by atoms with Crippen molar-refractivity contribution in [3.05, 3.63) is 33.6 Å². The fourth-order valence-corrected chi connectivity index (χ4v) is 4.57. The van der Waals surface area contributed by atoms with Gasteiger partial charge in [-0.3, -0.25) is 0 Å². The van der Waals surface area contributed by atoms with Crippen molar-refractivity contribution in [3.8, 4) is 0 Å². The smallest absolute Gasteiger partial charge is 0.154 e. The van der Waals surface area contributed by atoms with Gasteiger partial charge in [-0.15, -0.1) is 11.3 Å². The van der Waals surface area contributed by atoms with Crippen LogP contribution in [0.15, 0.2) is 33.9 Å². The van der Waals surface area contributed by atoms with Crippen LogP contribution in [0.25, 0.3) is 10.1 Å². The van der Waals surface area contributed by atoms with Crippen LogP contribution >= 0.6 is 39.0 Å². The number of oxime groups is 1. The maximum Gasteiger partial charge on any atom is 0.154 e. The molecule has 0 bridgehead atoms. The molecule has 2 aromatic rings. The van der Waals surface area contributed by atoms with Crippen molar-refractivity contribution in [2.45, 2.75) is 0 Å². The van der Waals surface area contributed by atoms with Gasteiger partial charge in [0.1, 0.15) is 6.61 Å². The molecule has 2 heterocycles. The van der Waals surface area contributed by atoms with Crippen molar-refractivity contribution in [2.75, 3.05) is 12.4 Å². The molecule has 0 spiro atoms. The topological polar surface area (TPSA) is 21.6 Å². The fourth-order valence-electron chi connectivity index (χ4n) is 1.56. The number of halogens is 1. The van der Waals surface area contributed by atoms with Crippen molar-refractivity contribution in [3.63, 3.8) is 0 Å². The Kier molecular flexibility index (Phi) is 2.91. The van der Waals surface area contributed by atoms with Gasteiger partial charge in [0, 0.05) is 20.3 Å². The van der Waals surface area contributed by atoms with Crippen molar-refractivity contribution in [2.24, 2.45) is 5.16 Å². The first-order valence-corrected chi connectivity index (χ1v) is 7.46. The molecule has 0 radical (unpaired) electrons. The first-order chi connectivity index (χ1) is 7.86. The molecule has 16 heavy (non-hydrogen) atoms. The van der Waals surface area contributed by atoms with E-state index in [0.717, 1.165) is 15.3 Å². The number of benzene rings is 1. The molecule has 2 nitrogen and oxygen atoms in total. The van der Waals surface area contributed by atoms with Gasteiger partial charge in [-0.2, -0.15) is 0 Å². The van der Waals surface area contributed by atoms with E-state index in [1.807, 2.05) is 0 Å². The molecule has 0 atom stereocenters. The van der Waals surface area contributed by atoms with Crippen molar-refractivity contribution in [1.82, 2.24) is 0 Å². The van der Waals surface area contributed by atoms with Crippen molar-refractivity contribution in [1.29, 1.82) is 0 Å². The zero-order chi connectivity index (χ0) is 11.0. The van der Waals surface area contributed by atoms with E-state index in [2.05, 4.69) is 45.4 Å². The predicted molar refractivity (Wildman–Crippen MR) is 74.5 cm³/mol. The lowest BCUT2D eigenvalue weighted by molar-refractivity contribution is 0.160. The number of rotatable bonds is 1. The fraction of sp³-hybridized carbons (Fsp3) is 0.182. The monoisotopic (exact) mass is 313 g/mol. The number of hydrogen-bond acceptors (Lipinski definition) is 4. The molecule has 0 saturated carbocycles. The highest BCUT2D eigenvalue weighted by molar-refractivity contribution is 9.10. The maximum absolute atomic E-state index is 5.14. The minimum absolute atomic E-state index is 0.705. The van der Waals surface area contributed by atoms with Gasteiger partial charge in [0.05, 0.1) is 4.88 Å². The molecule has 82 valence electrons. The van der Waals surface area contributed by atoms with Crippen molar-refractivity contribution >= 4 is 54.2 Å². The largest absolute Gasteiger partial charge is 0.394 e. The highest BCUT2D eigenvalue weighted by Crippen LogP contribution is 2.38. The van der Waals surface area contributed by atoms with E-state index in [1.54, 1.807) is 23.1 Å². The molecule has 0 saturated heterocycles. The molecule has 0 amide bonds. The molecule has 0 unspecified atom stereocenters. The molecule has 1 aliphatic heterocycles. The summed E-state index contributed by atoms with van der Waals surface area (Å²) < 4.78 is 2.41. The molecular weight excluding hydrogens is 306 g/mol. The van der Waals surface area contributed by atoms with E-state index in [1.165, 1.54) is 15.0 Å². The standard InChI is InChI=1S/C11H8BrNOS2/c12-9-7-3-1-2-4-8(7)16-10(9)11-13-14-5-6-15-11/h1-4H,5-6H2. The minimum atomic E-state index is 0.705. The summed E-state index contributed by atoms with van der Waals surface area (Å²) >= 11 is 7.15. The molecular formula is C11H8BrNOS2. The lowest BCUT2D eigenvalue weighted by Gasteiger charge is -2.09. The molecule has 1 aromatic carbocycles. The highest BCUT2D eigenvalue weighted by Gasteiger charge is 2.17. The number of hydrogen-bond donors (Lipinski definition) is 0. The average Bonchev–Trinajstić information content (AvgIpc) is 2.69. The van der Waals surface area contributed by atoms with Crippen LogP contribution in [0.5, 0.6) is 0 Å². The minimum Gasteiger partial charge on any atom is -0.394 e. The lowest BCUT2D eigenvalue weighted by atomic mass is 10.2. The normalized spacial score (nSPS) is 15.9. The zero-order valence-electron chi connectivity index (χ0n) is 8.27. The van der Waals surface area contributed by atoms with Gasteiger partial charge in [0.2, 0.25) is 0 Å². The third-order valence-electron chi connectivity index (χ3n) is 2.29. The Morgan fingerprint density at radius 1 is 1.31 bits per heavy atom. The molecule has 0 fully saturated rings. The quantitative estimate of drug-likeness (QED) is 0.791. The third-order valence-corrected chi connectivity index (χ3v) is 5.61. The van der Waals surface area contributed by atoms with Gasteiger partial charge >= 0.3 is 0 Å². The summed E-state index contributed by atoms with van der Waals surface area (Å²) in [6.07, 6.45) is 0. The summed E-state index contributed by atoms with van der Waals surface area (Å²) in [7, 11) is 0. The van der Waals surface area contributed by atoms with Crippen LogP contribution in [0.2, 0.25) is 0 Å². The van der Waals surface area contributed by atoms with Crippen LogP contribution in [0, 0.1) is 0 Å². The SMILES string of the molecule is Brc1c(C2=NOCCS2)sc2ccccc12. The maximum atomic E-state index is 5.14. The van der Waals surface area contributed by atoms with Crippen LogP contribution < -0.4 is 0 Å². The Morgan fingerprint density at radius 3 is 2.94 bits per heavy atom. The Morgan fingerprint density at radius 2 is 2.19 bits per heavy atom. The Labute approximate surface area is 110 Å². The lowest BCUT2D eigenvalue weighted by Crippen LogP contribution is -2.06. The van der Waals surface area contributed by atoms with Crippen molar-refractivity contribution < 1.29 is 4.84 Å². The van der Waals surface area contributed by atoms with Gasteiger partial charge in [-0.25, -0.2) is 0 Å². The van der Waals surface area contributed by atoms with Crippen LogP contribution in [0.3, 0.4) is 0 Å². The van der Waals surface area contributed by atoms with E-state index in [0.29, 0.717) is 6.61 Å². The Bertz CT molecular complexity index is 564. The van der Waals surface area contributed by atoms with Crippen LogP contribution in [0.1, 0.15) is 4.88 Å². The summed E-state index contributed by atoms with van der Waals surface area (Å²) in [6, 6.07) is 8.36. The first-order valence-electron chi connectivity index (χ1n) is 4.86. The van der Waals surface area contributed by atoms with Gasteiger partial charge < -0.3 is 4.84 Å². The van der Waals surface area contributed by atoms with E-state index in [-0.39, 0.29) is 0 Å². The Hall–Kier alpha value is -0.520.